The Bertz CT molecular complexity index is 814. The van der Waals surface area contributed by atoms with Gasteiger partial charge in [0.25, 0.3) is 0 Å². The number of rotatable bonds is 6. The molecule has 0 saturated heterocycles. The Balaban J connectivity index is 1.57. The molecule has 0 unspecified atom stereocenters. The molecule has 6 heteroatoms. The fourth-order valence-electron chi connectivity index (χ4n) is 3.35. The number of thiophene rings is 1. The van der Waals surface area contributed by atoms with Crippen molar-refractivity contribution < 1.29 is 4.79 Å². The molecule has 1 aromatic carbocycles. The number of benzene rings is 1. The summed E-state index contributed by atoms with van der Waals surface area (Å²) in [4.78, 5) is 20.4. The molecule has 3 rings (SSSR count). The Hall–Kier alpha value is -2.34. The number of nitrogens with zero attached hydrogens (tertiary/aromatic N) is 2. The van der Waals surface area contributed by atoms with E-state index in [1.807, 2.05) is 17.9 Å². The molecule has 1 amide bonds. The van der Waals surface area contributed by atoms with Crippen LogP contribution in [0.4, 0.5) is 0 Å². The van der Waals surface area contributed by atoms with Gasteiger partial charge in [0.1, 0.15) is 6.54 Å². The van der Waals surface area contributed by atoms with Gasteiger partial charge in [0.2, 0.25) is 5.91 Å². The molecule has 0 radical (unpaired) electrons. The Kier molecular flexibility index (Phi) is 6.73. The molecule has 150 valence electrons. The number of nitrogens with one attached hydrogen (secondary N) is 2. The summed E-state index contributed by atoms with van der Waals surface area (Å²) in [5.41, 5.74) is 2.60. The lowest BCUT2D eigenvalue weighted by molar-refractivity contribution is -0.130. The number of amides is 1. The van der Waals surface area contributed by atoms with Crippen LogP contribution in [0, 0.1) is 0 Å². The number of guanidine groups is 1. The molecule has 28 heavy (non-hydrogen) atoms. The molecule has 0 aliphatic carbocycles. The number of carbonyl (C=O) groups is 1. The fourth-order valence-corrected chi connectivity index (χ4v) is 4.20. The molecule has 2 N–H and O–H groups in total. The maximum absolute atomic E-state index is 12.7. The van der Waals surface area contributed by atoms with Crippen LogP contribution in [0.1, 0.15) is 36.8 Å². The Labute approximate surface area is 171 Å². The van der Waals surface area contributed by atoms with Crippen molar-refractivity contribution in [1.82, 2.24) is 15.5 Å². The summed E-state index contributed by atoms with van der Waals surface area (Å²) in [5.74, 6) is 0.766. The van der Waals surface area contributed by atoms with E-state index in [0.29, 0.717) is 12.5 Å². The quantitative estimate of drug-likeness (QED) is 0.580. The standard InChI is InChI=1S/C22H30N4OS/c1-4-23-21(25-16-22(2,3)19-10-7-13-28-19)24-14-20(27)26-12-11-17-8-5-6-9-18(17)15-26/h5-10,13H,4,11-12,14-16H2,1-3H3,(H2,23,24,25). The van der Waals surface area contributed by atoms with Gasteiger partial charge in [0, 0.05) is 36.5 Å². The summed E-state index contributed by atoms with van der Waals surface area (Å²) in [6.07, 6.45) is 0.916. The Morgan fingerprint density at radius 3 is 2.68 bits per heavy atom. The van der Waals surface area contributed by atoms with Crippen LogP contribution in [0.15, 0.2) is 46.8 Å². The van der Waals surface area contributed by atoms with Crippen LogP contribution >= 0.6 is 11.3 Å². The van der Waals surface area contributed by atoms with Crippen molar-refractivity contribution in [2.45, 2.75) is 39.2 Å². The number of carbonyl (C=O) groups excluding carboxylic acids is 1. The predicted octanol–water partition coefficient (Wildman–Crippen LogP) is 3.17. The second-order valence-electron chi connectivity index (χ2n) is 7.74. The molecule has 1 aromatic heterocycles. The molecule has 0 atom stereocenters. The first-order valence-electron chi connectivity index (χ1n) is 9.90. The fraction of sp³-hybridized carbons (Fsp3) is 0.455. The molecule has 0 fully saturated rings. The first-order chi connectivity index (χ1) is 13.5. The van der Waals surface area contributed by atoms with Crippen molar-refractivity contribution in [2.24, 2.45) is 4.99 Å². The van der Waals surface area contributed by atoms with Crippen molar-refractivity contribution in [2.75, 3.05) is 26.2 Å². The Morgan fingerprint density at radius 1 is 1.18 bits per heavy atom. The van der Waals surface area contributed by atoms with Gasteiger partial charge in [0.05, 0.1) is 0 Å². The lowest BCUT2D eigenvalue weighted by atomic mass is 9.91. The zero-order valence-corrected chi connectivity index (χ0v) is 17.8. The van der Waals surface area contributed by atoms with Crippen molar-refractivity contribution in [3.8, 4) is 0 Å². The third-order valence-corrected chi connectivity index (χ3v) is 6.32. The van der Waals surface area contributed by atoms with Crippen LogP contribution in [0.5, 0.6) is 0 Å². The average Bonchev–Trinajstić information content (AvgIpc) is 3.25. The predicted molar refractivity (Wildman–Crippen MR) is 117 cm³/mol. The molecule has 0 bridgehead atoms. The molecule has 2 aromatic rings. The third-order valence-electron chi connectivity index (χ3n) is 5.09. The SMILES string of the molecule is CCNC(=NCC(=O)N1CCc2ccccc2C1)NCC(C)(C)c1cccs1. The van der Waals surface area contributed by atoms with E-state index in [1.54, 1.807) is 11.3 Å². The van der Waals surface area contributed by atoms with Gasteiger partial charge >= 0.3 is 0 Å². The zero-order chi connectivity index (χ0) is 20.0. The van der Waals surface area contributed by atoms with Crippen molar-refractivity contribution >= 4 is 23.2 Å². The summed E-state index contributed by atoms with van der Waals surface area (Å²) in [6, 6.07) is 12.6. The van der Waals surface area contributed by atoms with Crippen LogP contribution in [0.2, 0.25) is 0 Å². The van der Waals surface area contributed by atoms with E-state index in [2.05, 4.69) is 65.2 Å². The first-order valence-corrected chi connectivity index (χ1v) is 10.8. The molecular weight excluding hydrogens is 368 g/mol. The molecular formula is C22H30N4OS. The molecule has 5 nitrogen and oxygen atoms in total. The van der Waals surface area contributed by atoms with Gasteiger partial charge in [-0.1, -0.05) is 44.2 Å². The van der Waals surface area contributed by atoms with Crippen LogP contribution in [0.3, 0.4) is 0 Å². The van der Waals surface area contributed by atoms with E-state index in [9.17, 15) is 4.79 Å². The summed E-state index contributed by atoms with van der Waals surface area (Å²) in [7, 11) is 0. The molecule has 1 aliphatic rings. The van der Waals surface area contributed by atoms with Crippen LogP contribution in [0.25, 0.3) is 0 Å². The highest BCUT2D eigenvalue weighted by Crippen LogP contribution is 2.26. The van der Waals surface area contributed by atoms with E-state index in [-0.39, 0.29) is 17.9 Å². The second-order valence-corrected chi connectivity index (χ2v) is 8.69. The van der Waals surface area contributed by atoms with E-state index >= 15 is 0 Å². The topological polar surface area (TPSA) is 56.7 Å². The van der Waals surface area contributed by atoms with Gasteiger partial charge in [-0.3, -0.25) is 4.79 Å². The maximum Gasteiger partial charge on any atom is 0.244 e. The number of aliphatic imine (C=N–C) groups is 1. The van der Waals surface area contributed by atoms with Gasteiger partial charge < -0.3 is 15.5 Å². The molecule has 0 saturated carbocycles. The lowest BCUT2D eigenvalue weighted by Crippen LogP contribution is -2.44. The van der Waals surface area contributed by atoms with Crippen LogP contribution in [-0.2, 0) is 23.2 Å². The summed E-state index contributed by atoms with van der Waals surface area (Å²) in [5, 5.41) is 8.75. The van der Waals surface area contributed by atoms with E-state index in [0.717, 1.165) is 26.1 Å². The molecule has 0 spiro atoms. The smallest absolute Gasteiger partial charge is 0.244 e. The summed E-state index contributed by atoms with van der Waals surface area (Å²) >= 11 is 1.77. The van der Waals surface area contributed by atoms with E-state index in [4.69, 9.17) is 0 Å². The van der Waals surface area contributed by atoms with Crippen molar-refractivity contribution in [3.05, 3.63) is 57.8 Å². The lowest BCUT2D eigenvalue weighted by Gasteiger charge is -2.28. The molecule has 1 aliphatic heterocycles. The first kappa shape index (κ1) is 20.4. The van der Waals surface area contributed by atoms with Gasteiger partial charge in [-0.2, -0.15) is 0 Å². The van der Waals surface area contributed by atoms with Crippen molar-refractivity contribution in [3.63, 3.8) is 0 Å². The zero-order valence-electron chi connectivity index (χ0n) is 17.0. The highest BCUT2D eigenvalue weighted by atomic mass is 32.1. The minimum absolute atomic E-state index is 0.00491. The minimum Gasteiger partial charge on any atom is -0.357 e. The second kappa shape index (κ2) is 9.24. The summed E-state index contributed by atoms with van der Waals surface area (Å²) in [6.45, 7) is 9.58. The van der Waals surface area contributed by atoms with Crippen LogP contribution in [-0.4, -0.2) is 42.9 Å². The minimum atomic E-state index is 0.00491. The number of fused-ring (bicyclic) bond motifs is 1. The highest BCUT2D eigenvalue weighted by molar-refractivity contribution is 7.10. The normalized spacial score (nSPS) is 14.5. The average molecular weight is 399 g/mol. The third kappa shape index (κ3) is 5.13. The van der Waals surface area contributed by atoms with Crippen molar-refractivity contribution in [1.29, 1.82) is 0 Å². The largest absolute Gasteiger partial charge is 0.357 e. The highest BCUT2D eigenvalue weighted by Gasteiger charge is 2.23. The van der Waals surface area contributed by atoms with Gasteiger partial charge in [-0.05, 0) is 35.9 Å². The number of hydrogen-bond donors (Lipinski definition) is 2. The maximum atomic E-state index is 12.7. The Morgan fingerprint density at radius 2 is 1.96 bits per heavy atom. The number of hydrogen-bond acceptors (Lipinski definition) is 3. The summed E-state index contributed by atoms with van der Waals surface area (Å²) < 4.78 is 0. The monoisotopic (exact) mass is 398 g/mol. The van der Waals surface area contributed by atoms with E-state index in [1.165, 1.54) is 16.0 Å². The van der Waals surface area contributed by atoms with Crippen LogP contribution < -0.4 is 10.6 Å². The van der Waals surface area contributed by atoms with Gasteiger partial charge in [-0.25, -0.2) is 4.99 Å². The van der Waals surface area contributed by atoms with E-state index < -0.39 is 0 Å². The van der Waals surface area contributed by atoms with Gasteiger partial charge in [-0.15, -0.1) is 11.3 Å². The molecule has 2 heterocycles. The van der Waals surface area contributed by atoms with Gasteiger partial charge in [0.15, 0.2) is 5.96 Å².